The van der Waals surface area contributed by atoms with E-state index >= 15 is 0 Å². The number of fused-ring (bicyclic) bond motifs is 5. The van der Waals surface area contributed by atoms with Crippen LogP contribution in [-0.4, -0.2) is 24.0 Å². The lowest BCUT2D eigenvalue weighted by Gasteiger charge is -2.42. The van der Waals surface area contributed by atoms with Crippen LogP contribution in [0.25, 0.3) is 5.70 Å². The lowest BCUT2D eigenvalue weighted by Crippen LogP contribution is -2.36. The Morgan fingerprint density at radius 2 is 1.79 bits per heavy atom. The number of rotatable bonds is 1. The van der Waals surface area contributed by atoms with E-state index in [1.165, 1.54) is 28.1 Å². The van der Waals surface area contributed by atoms with Gasteiger partial charge in [0.2, 0.25) is 6.79 Å². The Bertz CT molecular complexity index is 1050. The number of carbonyl (C=O) groups excluding carboxylic acids is 1. The average molecular weight is 371 g/mol. The molecule has 3 aliphatic heterocycles. The third-order valence-electron chi connectivity index (χ3n) is 6.32. The summed E-state index contributed by atoms with van der Waals surface area (Å²) in [6.45, 7) is 1.20. The fourth-order valence-corrected chi connectivity index (χ4v) is 5.03. The second kappa shape index (κ2) is 5.99. The first-order valence-corrected chi connectivity index (χ1v) is 10.0. The Kier molecular flexibility index (Phi) is 3.42. The standard InChI is InChI=1S/C24H21NO3/c26-21-8-4-7-19-24(21)18(15-5-2-1-3-6-15)12-20-17-13-23-22(27-14-28-23)11-16(17)9-10-25(19)20/h1-3,5-6,11-13,18H,4,7-10,14H2/t18-/m0/s1. The molecule has 4 aliphatic rings. The maximum atomic E-state index is 12.9. The molecule has 4 heteroatoms. The van der Waals surface area contributed by atoms with Gasteiger partial charge in [0.1, 0.15) is 0 Å². The molecule has 0 unspecified atom stereocenters. The van der Waals surface area contributed by atoms with Gasteiger partial charge in [0, 0.05) is 41.4 Å². The van der Waals surface area contributed by atoms with Gasteiger partial charge in [-0.1, -0.05) is 30.3 Å². The van der Waals surface area contributed by atoms with Crippen molar-refractivity contribution < 1.29 is 14.3 Å². The third-order valence-corrected chi connectivity index (χ3v) is 6.32. The van der Waals surface area contributed by atoms with E-state index in [4.69, 9.17) is 9.47 Å². The highest BCUT2D eigenvalue weighted by atomic mass is 16.7. The van der Waals surface area contributed by atoms with Crippen LogP contribution in [0.1, 0.15) is 41.9 Å². The van der Waals surface area contributed by atoms with Crippen molar-refractivity contribution in [1.82, 2.24) is 4.90 Å². The summed E-state index contributed by atoms with van der Waals surface area (Å²) >= 11 is 0. The Morgan fingerprint density at radius 1 is 0.964 bits per heavy atom. The van der Waals surface area contributed by atoms with Crippen LogP contribution in [0.3, 0.4) is 0 Å². The Morgan fingerprint density at radius 3 is 2.64 bits per heavy atom. The highest BCUT2D eigenvalue weighted by molar-refractivity contribution is 6.00. The fourth-order valence-electron chi connectivity index (χ4n) is 5.03. The van der Waals surface area contributed by atoms with E-state index in [0.717, 1.165) is 42.9 Å². The molecule has 140 valence electrons. The van der Waals surface area contributed by atoms with Crippen molar-refractivity contribution in [3.63, 3.8) is 0 Å². The minimum absolute atomic E-state index is 0.0200. The minimum atomic E-state index is 0.0200. The molecule has 0 radical (unpaired) electrons. The normalized spacial score (nSPS) is 22.4. The SMILES string of the molecule is O=C1CCCC2=C1[C@H](c1ccccc1)C=C1c3cc4c(cc3CCN12)OCO4. The first-order chi connectivity index (χ1) is 13.8. The molecule has 0 aromatic heterocycles. The predicted molar refractivity (Wildman–Crippen MR) is 106 cm³/mol. The van der Waals surface area contributed by atoms with Gasteiger partial charge < -0.3 is 14.4 Å². The summed E-state index contributed by atoms with van der Waals surface area (Å²) in [7, 11) is 0. The number of nitrogens with zero attached hydrogens (tertiary/aromatic N) is 1. The molecule has 0 spiro atoms. The van der Waals surface area contributed by atoms with Crippen LogP contribution in [0.15, 0.2) is 59.8 Å². The van der Waals surface area contributed by atoms with Gasteiger partial charge in [-0.25, -0.2) is 0 Å². The molecule has 3 heterocycles. The zero-order chi connectivity index (χ0) is 18.7. The Balaban J connectivity index is 1.55. The van der Waals surface area contributed by atoms with Crippen LogP contribution < -0.4 is 9.47 Å². The Hall–Kier alpha value is -3.01. The predicted octanol–water partition coefficient (Wildman–Crippen LogP) is 4.42. The van der Waals surface area contributed by atoms with Crippen molar-refractivity contribution in [2.75, 3.05) is 13.3 Å². The molecule has 2 aromatic carbocycles. The lowest BCUT2D eigenvalue weighted by molar-refractivity contribution is -0.116. The van der Waals surface area contributed by atoms with Crippen molar-refractivity contribution in [2.45, 2.75) is 31.6 Å². The monoisotopic (exact) mass is 371 g/mol. The quantitative estimate of drug-likeness (QED) is 0.744. The van der Waals surface area contributed by atoms with Gasteiger partial charge in [0.25, 0.3) is 0 Å². The van der Waals surface area contributed by atoms with E-state index < -0.39 is 0 Å². The second-order valence-corrected chi connectivity index (χ2v) is 7.84. The molecule has 2 aromatic rings. The number of Topliss-reactive ketones (excluding diaryl/α,β-unsaturated/α-hetero) is 1. The summed E-state index contributed by atoms with van der Waals surface area (Å²) in [6, 6.07) is 14.7. The largest absolute Gasteiger partial charge is 0.454 e. The zero-order valence-electron chi connectivity index (χ0n) is 15.6. The highest BCUT2D eigenvalue weighted by Gasteiger charge is 2.38. The van der Waals surface area contributed by atoms with Crippen LogP contribution >= 0.6 is 0 Å². The number of ether oxygens (including phenoxy) is 2. The van der Waals surface area contributed by atoms with Gasteiger partial charge in [0.05, 0.1) is 0 Å². The van der Waals surface area contributed by atoms with Crippen molar-refractivity contribution in [1.29, 1.82) is 0 Å². The molecule has 0 N–H and O–H groups in total. The molecular weight excluding hydrogens is 350 g/mol. The zero-order valence-corrected chi connectivity index (χ0v) is 15.6. The molecular formula is C24H21NO3. The third kappa shape index (κ3) is 2.27. The van der Waals surface area contributed by atoms with Crippen molar-refractivity contribution in [3.05, 3.63) is 76.5 Å². The van der Waals surface area contributed by atoms with Gasteiger partial charge in [-0.15, -0.1) is 0 Å². The van der Waals surface area contributed by atoms with Gasteiger partial charge in [-0.05, 0) is 48.6 Å². The van der Waals surface area contributed by atoms with Gasteiger partial charge in [-0.2, -0.15) is 0 Å². The number of hydrogen-bond donors (Lipinski definition) is 0. The molecule has 28 heavy (non-hydrogen) atoms. The number of carbonyl (C=O) groups is 1. The van der Waals surface area contributed by atoms with Gasteiger partial charge >= 0.3 is 0 Å². The van der Waals surface area contributed by atoms with Gasteiger partial charge in [-0.3, -0.25) is 4.79 Å². The molecule has 1 aliphatic carbocycles. The van der Waals surface area contributed by atoms with Crippen LogP contribution in [0.5, 0.6) is 11.5 Å². The fraction of sp³-hybridized carbons (Fsp3) is 0.292. The van der Waals surface area contributed by atoms with Crippen molar-refractivity contribution in [2.24, 2.45) is 0 Å². The Labute approximate surface area is 164 Å². The highest BCUT2D eigenvalue weighted by Crippen LogP contribution is 2.48. The van der Waals surface area contributed by atoms with Crippen molar-refractivity contribution >= 4 is 11.5 Å². The molecule has 0 amide bonds. The van der Waals surface area contributed by atoms with E-state index in [1.54, 1.807) is 0 Å². The van der Waals surface area contributed by atoms with E-state index in [-0.39, 0.29) is 12.7 Å². The van der Waals surface area contributed by atoms with Crippen LogP contribution in [0, 0.1) is 0 Å². The minimum Gasteiger partial charge on any atom is -0.454 e. The summed E-state index contributed by atoms with van der Waals surface area (Å²) in [6.07, 6.45) is 5.81. The molecule has 0 saturated carbocycles. The van der Waals surface area contributed by atoms with Crippen LogP contribution in [0.4, 0.5) is 0 Å². The molecule has 4 nitrogen and oxygen atoms in total. The first kappa shape index (κ1) is 16.0. The first-order valence-electron chi connectivity index (χ1n) is 10.0. The average Bonchev–Trinajstić information content (AvgIpc) is 3.19. The summed E-state index contributed by atoms with van der Waals surface area (Å²) in [4.78, 5) is 15.3. The summed E-state index contributed by atoms with van der Waals surface area (Å²) < 4.78 is 11.2. The van der Waals surface area contributed by atoms with Gasteiger partial charge in [0.15, 0.2) is 17.3 Å². The smallest absolute Gasteiger partial charge is 0.231 e. The van der Waals surface area contributed by atoms with Crippen molar-refractivity contribution in [3.8, 4) is 11.5 Å². The van der Waals surface area contributed by atoms with E-state index in [9.17, 15) is 4.79 Å². The molecule has 0 bridgehead atoms. The summed E-state index contributed by atoms with van der Waals surface area (Å²) in [5.74, 6) is 1.99. The molecule has 6 rings (SSSR count). The summed E-state index contributed by atoms with van der Waals surface area (Å²) in [5.41, 5.74) is 7.13. The molecule has 1 atom stereocenters. The maximum Gasteiger partial charge on any atom is 0.231 e. The van der Waals surface area contributed by atoms with Crippen LogP contribution in [-0.2, 0) is 11.2 Å². The van der Waals surface area contributed by atoms with E-state index in [1.807, 2.05) is 6.07 Å². The topological polar surface area (TPSA) is 38.8 Å². The number of ketones is 1. The summed E-state index contributed by atoms with van der Waals surface area (Å²) in [5, 5.41) is 0. The number of benzene rings is 2. The molecule has 0 fully saturated rings. The molecule has 0 saturated heterocycles. The second-order valence-electron chi connectivity index (χ2n) is 7.84. The number of hydrogen-bond acceptors (Lipinski definition) is 4. The number of allylic oxidation sites excluding steroid dienone is 3. The maximum absolute atomic E-state index is 12.9. The lowest BCUT2D eigenvalue weighted by atomic mass is 9.77. The van der Waals surface area contributed by atoms with E-state index in [2.05, 4.69) is 47.4 Å². The van der Waals surface area contributed by atoms with E-state index in [0.29, 0.717) is 12.2 Å². The van der Waals surface area contributed by atoms with Crippen LogP contribution in [0.2, 0.25) is 0 Å².